The SMILES string of the molecule is CC(C(=O)Nc1cnccc1C(C)(C)C)c1ccccc1. The maximum Gasteiger partial charge on any atom is 0.231 e. The Bertz CT molecular complexity index is 615. The van der Waals surface area contributed by atoms with Crippen molar-refractivity contribution in [1.29, 1.82) is 0 Å². The molecule has 0 bridgehead atoms. The van der Waals surface area contributed by atoms with Crippen molar-refractivity contribution in [2.24, 2.45) is 0 Å². The number of amides is 1. The molecule has 0 aliphatic carbocycles. The maximum atomic E-state index is 12.5. The van der Waals surface area contributed by atoms with Gasteiger partial charge in [0, 0.05) is 6.20 Å². The molecule has 110 valence electrons. The molecule has 1 aromatic heterocycles. The van der Waals surface area contributed by atoms with Crippen LogP contribution in [0.2, 0.25) is 0 Å². The molecule has 0 fully saturated rings. The van der Waals surface area contributed by atoms with Gasteiger partial charge in [0.1, 0.15) is 0 Å². The lowest BCUT2D eigenvalue weighted by atomic mass is 9.86. The van der Waals surface area contributed by atoms with Crippen LogP contribution in [0.15, 0.2) is 48.8 Å². The normalized spacial score (nSPS) is 12.8. The Morgan fingerprint density at radius 3 is 2.43 bits per heavy atom. The minimum Gasteiger partial charge on any atom is -0.324 e. The van der Waals surface area contributed by atoms with E-state index in [1.807, 2.05) is 43.3 Å². The minimum absolute atomic E-state index is 0.0142. The number of hydrogen-bond acceptors (Lipinski definition) is 2. The molecule has 0 spiro atoms. The van der Waals surface area contributed by atoms with Gasteiger partial charge in [-0.3, -0.25) is 9.78 Å². The minimum atomic E-state index is -0.195. The van der Waals surface area contributed by atoms with Gasteiger partial charge in [-0.2, -0.15) is 0 Å². The van der Waals surface area contributed by atoms with Crippen LogP contribution in [0.4, 0.5) is 5.69 Å². The maximum absolute atomic E-state index is 12.5. The average molecular weight is 282 g/mol. The number of carbonyl (C=O) groups excluding carboxylic acids is 1. The summed E-state index contributed by atoms with van der Waals surface area (Å²) < 4.78 is 0. The third-order valence-electron chi connectivity index (χ3n) is 3.58. The van der Waals surface area contributed by atoms with E-state index in [2.05, 4.69) is 31.1 Å². The van der Waals surface area contributed by atoms with Crippen LogP contribution < -0.4 is 5.32 Å². The molecule has 0 aliphatic rings. The molecule has 2 rings (SSSR count). The van der Waals surface area contributed by atoms with Crippen molar-refractivity contribution in [2.45, 2.75) is 39.0 Å². The Morgan fingerprint density at radius 2 is 1.81 bits per heavy atom. The Hall–Kier alpha value is -2.16. The zero-order valence-corrected chi connectivity index (χ0v) is 13.1. The highest BCUT2D eigenvalue weighted by Gasteiger charge is 2.21. The second-order valence-electron chi connectivity index (χ2n) is 6.29. The summed E-state index contributed by atoms with van der Waals surface area (Å²) in [4.78, 5) is 16.6. The second kappa shape index (κ2) is 6.08. The van der Waals surface area contributed by atoms with Crippen LogP contribution in [0.1, 0.15) is 44.7 Å². The lowest BCUT2D eigenvalue weighted by Crippen LogP contribution is -2.22. The summed E-state index contributed by atoms with van der Waals surface area (Å²) in [6.07, 6.45) is 3.48. The Kier molecular flexibility index (Phi) is 4.41. The van der Waals surface area contributed by atoms with Crippen LogP contribution in [0.3, 0.4) is 0 Å². The van der Waals surface area contributed by atoms with Gasteiger partial charge in [0.15, 0.2) is 0 Å². The highest BCUT2D eigenvalue weighted by atomic mass is 16.1. The van der Waals surface area contributed by atoms with E-state index in [0.717, 1.165) is 16.8 Å². The van der Waals surface area contributed by atoms with Crippen molar-refractivity contribution in [2.75, 3.05) is 5.32 Å². The van der Waals surface area contributed by atoms with E-state index in [4.69, 9.17) is 0 Å². The van der Waals surface area contributed by atoms with E-state index >= 15 is 0 Å². The molecule has 3 nitrogen and oxygen atoms in total. The van der Waals surface area contributed by atoms with Crippen molar-refractivity contribution < 1.29 is 4.79 Å². The Balaban J connectivity index is 2.21. The summed E-state index contributed by atoms with van der Waals surface area (Å²) in [6, 6.07) is 11.7. The Morgan fingerprint density at radius 1 is 1.14 bits per heavy atom. The molecule has 1 aromatic carbocycles. The number of anilines is 1. The summed E-state index contributed by atoms with van der Waals surface area (Å²) in [5.74, 6) is -0.209. The van der Waals surface area contributed by atoms with Crippen molar-refractivity contribution in [3.63, 3.8) is 0 Å². The summed E-state index contributed by atoms with van der Waals surface area (Å²) >= 11 is 0. The molecule has 0 saturated heterocycles. The van der Waals surface area contributed by atoms with Crippen LogP contribution >= 0.6 is 0 Å². The lowest BCUT2D eigenvalue weighted by Gasteiger charge is -2.23. The van der Waals surface area contributed by atoms with Gasteiger partial charge in [-0.15, -0.1) is 0 Å². The molecule has 1 N–H and O–H groups in total. The molecular weight excluding hydrogens is 260 g/mol. The van der Waals surface area contributed by atoms with E-state index in [1.165, 1.54) is 0 Å². The zero-order valence-electron chi connectivity index (χ0n) is 13.1. The van der Waals surface area contributed by atoms with Crippen molar-refractivity contribution >= 4 is 11.6 Å². The number of hydrogen-bond donors (Lipinski definition) is 1. The van der Waals surface area contributed by atoms with Crippen LogP contribution in [0.5, 0.6) is 0 Å². The average Bonchev–Trinajstić information content (AvgIpc) is 2.47. The summed E-state index contributed by atoms with van der Waals surface area (Å²) in [5.41, 5.74) is 2.85. The van der Waals surface area contributed by atoms with E-state index in [9.17, 15) is 4.79 Å². The predicted molar refractivity (Wildman–Crippen MR) is 86.4 cm³/mol. The molecule has 2 aromatic rings. The number of carbonyl (C=O) groups is 1. The number of nitrogens with one attached hydrogen (secondary N) is 1. The molecular formula is C18H22N2O. The Labute approximate surface area is 126 Å². The molecule has 3 heteroatoms. The first-order valence-corrected chi connectivity index (χ1v) is 7.20. The lowest BCUT2D eigenvalue weighted by molar-refractivity contribution is -0.117. The number of nitrogens with zero attached hydrogens (tertiary/aromatic N) is 1. The van der Waals surface area contributed by atoms with Crippen LogP contribution in [-0.4, -0.2) is 10.9 Å². The fraction of sp³-hybridized carbons (Fsp3) is 0.333. The van der Waals surface area contributed by atoms with Gasteiger partial charge in [0.05, 0.1) is 17.8 Å². The molecule has 1 unspecified atom stereocenters. The van der Waals surface area contributed by atoms with E-state index in [0.29, 0.717) is 0 Å². The van der Waals surface area contributed by atoms with E-state index in [-0.39, 0.29) is 17.2 Å². The highest BCUT2D eigenvalue weighted by molar-refractivity contribution is 5.96. The fourth-order valence-corrected chi connectivity index (χ4v) is 2.28. The number of benzene rings is 1. The topological polar surface area (TPSA) is 42.0 Å². The van der Waals surface area contributed by atoms with Gasteiger partial charge in [-0.05, 0) is 29.5 Å². The molecule has 1 heterocycles. The van der Waals surface area contributed by atoms with Crippen LogP contribution in [0, 0.1) is 0 Å². The van der Waals surface area contributed by atoms with Gasteiger partial charge < -0.3 is 5.32 Å². The van der Waals surface area contributed by atoms with Gasteiger partial charge in [0.2, 0.25) is 5.91 Å². The first-order chi connectivity index (χ1) is 9.89. The molecule has 1 amide bonds. The summed E-state index contributed by atoms with van der Waals surface area (Å²) in [6.45, 7) is 8.29. The monoisotopic (exact) mass is 282 g/mol. The second-order valence-corrected chi connectivity index (χ2v) is 6.29. The van der Waals surface area contributed by atoms with E-state index in [1.54, 1.807) is 12.4 Å². The first-order valence-electron chi connectivity index (χ1n) is 7.20. The quantitative estimate of drug-likeness (QED) is 0.920. The molecule has 21 heavy (non-hydrogen) atoms. The van der Waals surface area contributed by atoms with Crippen molar-refractivity contribution in [1.82, 2.24) is 4.98 Å². The fourth-order valence-electron chi connectivity index (χ4n) is 2.28. The van der Waals surface area contributed by atoms with Gasteiger partial charge >= 0.3 is 0 Å². The summed E-state index contributed by atoms with van der Waals surface area (Å²) in [5, 5.41) is 3.01. The molecule has 0 radical (unpaired) electrons. The van der Waals surface area contributed by atoms with E-state index < -0.39 is 0 Å². The van der Waals surface area contributed by atoms with Crippen LogP contribution in [0.25, 0.3) is 0 Å². The number of aromatic nitrogens is 1. The van der Waals surface area contributed by atoms with Crippen LogP contribution in [-0.2, 0) is 10.2 Å². The van der Waals surface area contributed by atoms with Gasteiger partial charge in [-0.25, -0.2) is 0 Å². The van der Waals surface area contributed by atoms with Gasteiger partial charge in [-0.1, -0.05) is 51.1 Å². The largest absolute Gasteiger partial charge is 0.324 e. The molecule has 0 aliphatic heterocycles. The van der Waals surface area contributed by atoms with Gasteiger partial charge in [0.25, 0.3) is 0 Å². The predicted octanol–water partition coefficient (Wildman–Crippen LogP) is 4.12. The zero-order chi connectivity index (χ0) is 15.5. The smallest absolute Gasteiger partial charge is 0.231 e. The third-order valence-corrected chi connectivity index (χ3v) is 3.58. The molecule has 1 atom stereocenters. The standard InChI is InChI=1S/C18H22N2O/c1-13(14-8-6-5-7-9-14)17(21)20-16-12-19-11-10-15(16)18(2,3)4/h5-13H,1-4H3,(H,20,21). The number of rotatable bonds is 3. The number of pyridine rings is 1. The molecule has 0 saturated carbocycles. The van der Waals surface area contributed by atoms with Crippen molar-refractivity contribution in [3.05, 3.63) is 59.9 Å². The first kappa shape index (κ1) is 15.2. The third kappa shape index (κ3) is 3.69. The highest BCUT2D eigenvalue weighted by Crippen LogP contribution is 2.29. The van der Waals surface area contributed by atoms with Crippen molar-refractivity contribution in [3.8, 4) is 0 Å². The summed E-state index contributed by atoms with van der Waals surface area (Å²) in [7, 11) is 0.